The highest BCUT2D eigenvalue weighted by molar-refractivity contribution is 5.72. The van der Waals surface area contributed by atoms with Gasteiger partial charge in [-0.25, -0.2) is 0 Å². The predicted molar refractivity (Wildman–Crippen MR) is 41.0 cm³/mol. The van der Waals surface area contributed by atoms with Crippen molar-refractivity contribution in [1.29, 1.82) is 0 Å². The molecule has 1 aliphatic heterocycles. The maximum atomic E-state index is 10.9. The van der Waals surface area contributed by atoms with Crippen molar-refractivity contribution >= 4 is 5.97 Å². The van der Waals surface area contributed by atoms with Gasteiger partial charge in [-0.1, -0.05) is 13.3 Å². The molecule has 2 rings (SSSR count). The van der Waals surface area contributed by atoms with Crippen LogP contribution < -0.4 is 0 Å². The normalized spacial score (nSPS) is 43.4. The second-order valence-corrected chi connectivity index (χ2v) is 3.83. The van der Waals surface area contributed by atoms with E-state index in [9.17, 15) is 4.79 Å². The molecule has 11 heavy (non-hydrogen) atoms. The van der Waals surface area contributed by atoms with E-state index in [-0.39, 0.29) is 12.1 Å². The third-order valence-electron chi connectivity index (χ3n) is 2.96. The van der Waals surface area contributed by atoms with E-state index in [4.69, 9.17) is 4.74 Å². The Bertz CT molecular complexity index is 176. The Kier molecular flexibility index (Phi) is 1.63. The van der Waals surface area contributed by atoms with E-state index in [1.54, 1.807) is 0 Å². The monoisotopic (exact) mass is 154 g/mol. The Balaban J connectivity index is 2.09. The molecule has 2 aliphatic rings. The van der Waals surface area contributed by atoms with Gasteiger partial charge in [-0.3, -0.25) is 4.79 Å². The number of fused-ring (bicyclic) bond motifs is 1. The molecule has 0 bridgehead atoms. The van der Waals surface area contributed by atoms with Gasteiger partial charge in [-0.05, 0) is 18.8 Å². The lowest BCUT2D eigenvalue weighted by molar-refractivity contribution is -0.143. The van der Waals surface area contributed by atoms with Crippen molar-refractivity contribution in [1.82, 2.24) is 0 Å². The standard InChI is InChI=1S/C9H14O2/c1-6-3-2-4-7-5-8(10)11-9(6)7/h6-7,9H,2-5H2,1H3/t6-,7+,9+/m1/s1. The molecule has 3 atom stereocenters. The van der Waals surface area contributed by atoms with Gasteiger partial charge >= 0.3 is 5.97 Å². The summed E-state index contributed by atoms with van der Waals surface area (Å²) in [4.78, 5) is 10.9. The Labute approximate surface area is 66.9 Å². The maximum Gasteiger partial charge on any atom is 0.306 e. The summed E-state index contributed by atoms with van der Waals surface area (Å²) < 4.78 is 5.24. The summed E-state index contributed by atoms with van der Waals surface area (Å²) in [7, 11) is 0. The van der Waals surface area contributed by atoms with Gasteiger partial charge in [0, 0.05) is 5.92 Å². The topological polar surface area (TPSA) is 26.3 Å². The largest absolute Gasteiger partial charge is 0.462 e. The molecule has 0 aromatic rings. The van der Waals surface area contributed by atoms with E-state index >= 15 is 0 Å². The molecule has 1 aliphatic carbocycles. The third kappa shape index (κ3) is 1.15. The van der Waals surface area contributed by atoms with Gasteiger partial charge < -0.3 is 4.74 Å². The Hall–Kier alpha value is -0.530. The zero-order valence-electron chi connectivity index (χ0n) is 6.88. The number of hydrogen-bond acceptors (Lipinski definition) is 2. The van der Waals surface area contributed by atoms with E-state index < -0.39 is 0 Å². The first-order chi connectivity index (χ1) is 5.27. The summed E-state index contributed by atoms with van der Waals surface area (Å²) >= 11 is 0. The molecule has 0 amide bonds. The zero-order valence-corrected chi connectivity index (χ0v) is 6.88. The fourth-order valence-electron chi connectivity index (χ4n) is 2.34. The van der Waals surface area contributed by atoms with Crippen molar-refractivity contribution in [3.63, 3.8) is 0 Å². The average molecular weight is 154 g/mol. The van der Waals surface area contributed by atoms with Crippen LogP contribution in [0.5, 0.6) is 0 Å². The first-order valence-corrected chi connectivity index (χ1v) is 4.47. The second kappa shape index (κ2) is 2.50. The fraction of sp³-hybridized carbons (Fsp3) is 0.889. The van der Waals surface area contributed by atoms with Crippen LogP contribution in [0.1, 0.15) is 32.6 Å². The van der Waals surface area contributed by atoms with Crippen LogP contribution in [0.25, 0.3) is 0 Å². The molecule has 2 nitrogen and oxygen atoms in total. The molecule has 0 unspecified atom stereocenters. The molecule has 2 fully saturated rings. The highest BCUT2D eigenvalue weighted by Gasteiger charge is 2.40. The van der Waals surface area contributed by atoms with E-state index in [0.717, 1.165) is 0 Å². The number of hydrogen-bond donors (Lipinski definition) is 0. The molecule has 1 saturated carbocycles. The van der Waals surface area contributed by atoms with Crippen LogP contribution in [0.3, 0.4) is 0 Å². The van der Waals surface area contributed by atoms with Gasteiger partial charge in [0.05, 0.1) is 6.42 Å². The van der Waals surface area contributed by atoms with Gasteiger partial charge in [0.2, 0.25) is 0 Å². The lowest BCUT2D eigenvalue weighted by Gasteiger charge is -2.28. The Morgan fingerprint density at radius 1 is 1.45 bits per heavy atom. The van der Waals surface area contributed by atoms with Gasteiger partial charge in [-0.2, -0.15) is 0 Å². The molecule has 0 N–H and O–H groups in total. The number of carbonyl (C=O) groups excluding carboxylic acids is 1. The molecule has 2 heteroatoms. The first kappa shape index (κ1) is 7.14. The quantitative estimate of drug-likeness (QED) is 0.497. The van der Waals surface area contributed by atoms with Crippen molar-refractivity contribution < 1.29 is 9.53 Å². The van der Waals surface area contributed by atoms with Gasteiger partial charge in [-0.15, -0.1) is 0 Å². The maximum absolute atomic E-state index is 10.9. The first-order valence-electron chi connectivity index (χ1n) is 4.47. The number of esters is 1. The van der Waals surface area contributed by atoms with Crippen LogP contribution >= 0.6 is 0 Å². The summed E-state index contributed by atoms with van der Waals surface area (Å²) in [5.74, 6) is 1.17. The van der Waals surface area contributed by atoms with Crippen molar-refractivity contribution in [2.24, 2.45) is 11.8 Å². The van der Waals surface area contributed by atoms with E-state index in [0.29, 0.717) is 18.3 Å². The van der Waals surface area contributed by atoms with Crippen LogP contribution in [-0.4, -0.2) is 12.1 Å². The Morgan fingerprint density at radius 3 is 3.00 bits per heavy atom. The van der Waals surface area contributed by atoms with E-state index in [2.05, 4.69) is 6.92 Å². The van der Waals surface area contributed by atoms with Crippen LogP contribution in [0.2, 0.25) is 0 Å². The van der Waals surface area contributed by atoms with Crippen LogP contribution in [0, 0.1) is 11.8 Å². The number of rotatable bonds is 0. The lowest BCUT2D eigenvalue weighted by Crippen LogP contribution is -2.28. The van der Waals surface area contributed by atoms with Crippen LogP contribution in [0.4, 0.5) is 0 Å². The van der Waals surface area contributed by atoms with E-state index in [1.165, 1.54) is 19.3 Å². The molecule has 0 aromatic carbocycles. The van der Waals surface area contributed by atoms with Gasteiger partial charge in [0.1, 0.15) is 6.10 Å². The SMILES string of the molecule is C[C@@H]1CCC[C@H]2CC(=O)O[C@H]21. The molecular weight excluding hydrogens is 140 g/mol. The fourth-order valence-corrected chi connectivity index (χ4v) is 2.34. The van der Waals surface area contributed by atoms with E-state index in [1.807, 2.05) is 0 Å². The van der Waals surface area contributed by atoms with Crippen molar-refractivity contribution in [2.45, 2.75) is 38.7 Å². The summed E-state index contributed by atoms with van der Waals surface area (Å²) in [5.41, 5.74) is 0. The minimum Gasteiger partial charge on any atom is -0.462 e. The average Bonchev–Trinajstić information content (AvgIpc) is 2.31. The highest BCUT2D eigenvalue weighted by atomic mass is 16.6. The minimum atomic E-state index is 0.0220. The molecule has 62 valence electrons. The molecular formula is C9H14O2. The minimum absolute atomic E-state index is 0.0220. The number of ether oxygens (including phenoxy) is 1. The molecule has 1 saturated heterocycles. The molecule has 0 radical (unpaired) electrons. The summed E-state index contributed by atoms with van der Waals surface area (Å²) in [6.45, 7) is 2.19. The van der Waals surface area contributed by atoms with Crippen LogP contribution in [0.15, 0.2) is 0 Å². The third-order valence-corrected chi connectivity index (χ3v) is 2.96. The van der Waals surface area contributed by atoms with Crippen molar-refractivity contribution in [3.8, 4) is 0 Å². The summed E-state index contributed by atoms with van der Waals surface area (Å²) in [6.07, 6.45) is 4.64. The van der Waals surface area contributed by atoms with Crippen molar-refractivity contribution in [2.75, 3.05) is 0 Å². The predicted octanol–water partition coefficient (Wildman–Crippen LogP) is 1.74. The van der Waals surface area contributed by atoms with Gasteiger partial charge in [0.25, 0.3) is 0 Å². The summed E-state index contributed by atoms with van der Waals surface area (Å²) in [6, 6.07) is 0. The smallest absolute Gasteiger partial charge is 0.306 e. The lowest BCUT2D eigenvalue weighted by atomic mass is 9.80. The highest BCUT2D eigenvalue weighted by Crippen LogP contribution is 2.37. The molecule has 1 heterocycles. The number of carbonyl (C=O) groups is 1. The summed E-state index contributed by atoms with van der Waals surface area (Å²) in [5, 5.41) is 0. The molecule has 0 aromatic heterocycles. The zero-order chi connectivity index (χ0) is 7.84. The van der Waals surface area contributed by atoms with Gasteiger partial charge in [0.15, 0.2) is 0 Å². The Morgan fingerprint density at radius 2 is 2.27 bits per heavy atom. The van der Waals surface area contributed by atoms with Crippen molar-refractivity contribution in [3.05, 3.63) is 0 Å². The van der Waals surface area contributed by atoms with Crippen LogP contribution in [-0.2, 0) is 9.53 Å². The molecule has 0 spiro atoms. The second-order valence-electron chi connectivity index (χ2n) is 3.83.